The zero-order chi connectivity index (χ0) is 14.6. The first-order chi connectivity index (χ1) is 8.86. The maximum Gasteiger partial charge on any atom is 0.338 e. The molecule has 1 aromatic carbocycles. The molecule has 0 fully saturated rings. The first-order valence-corrected chi connectivity index (χ1v) is 5.87. The van der Waals surface area contributed by atoms with Crippen LogP contribution in [0.3, 0.4) is 0 Å². The summed E-state index contributed by atoms with van der Waals surface area (Å²) < 4.78 is 9.47. The molecule has 5 nitrogen and oxygen atoms in total. The fourth-order valence-corrected chi connectivity index (χ4v) is 1.84. The average molecular weight is 265 g/mol. The maximum atomic E-state index is 11.8. The van der Waals surface area contributed by atoms with Crippen LogP contribution in [0.2, 0.25) is 0 Å². The summed E-state index contributed by atoms with van der Waals surface area (Å²) >= 11 is 0. The number of hydrogen-bond donors (Lipinski definition) is 1. The summed E-state index contributed by atoms with van der Waals surface area (Å²) in [6.07, 6.45) is 0. The molecule has 0 aliphatic carbocycles. The van der Waals surface area contributed by atoms with E-state index >= 15 is 0 Å². The molecule has 0 aliphatic heterocycles. The third kappa shape index (κ3) is 2.93. The highest BCUT2D eigenvalue weighted by molar-refractivity contribution is 5.91. The van der Waals surface area contributed by atoms with Gasteiger partial charge in [-0.1, -0.05) is 18.2 Å². The highest BCUT2D eigenvalue weighted by Gasteiger charge is 2.38. The van der Waals surface area contributed by atoms with Crippen molar-refractivity contribution < 1.29 is 19.1 Å². The van der Waals surface area contributed by atoms with Crippen molar-refractivity contribution in [3.8, 4) is 0 Å². The van der Waals surface area contributed by atoms with Gasteiger partial charge in [0.15, 0.2) is 0 Å². The van der Waals surface area contributed by atoms with Crippen LogP contribution in [0.15, 0.2) is 24.3 Å². The monoisotopic (exact) mass is 265 g/mol. The summed E-state index contributed by atoms with van der Waals surface area (Å²) in [5.41, 5.74) is 6.10. The van der Waals surface area contributed by atoms with Crippen LogP contribution in [0.1, 0.15) is 35.8 Å². The lowest BCUT2D eigenvalue weighted by molar-refractivity contribution is -0.152. The van der Waals surface area contributed by atoms with E-state index in [2.05, 4.69) is 0 Å². The van der Waals surface area contributed by atoms with Crippen molar-refractivity contribution >= 4 is 11.9 Å². The van der Waals surface area contributed by atoms with Crippen molar-refractivity contribution in [1.82, 2.24) is 0 Å². The molecule has 2 N–H and O–H groups in total. The van der Waals surface area contributed by atoms with Gasteiger partial charge in [-0.25, -0.2) is 4.79 Å². The van der Waals surface area contributed by atoms with E-state index in [-0.39, 0.29) is 0 Å². The highest BCUT2D eigenvalue weighted by atomic mass is 16.5. The zero-order valence-corrected chi connectivity index (χ0v) is 11.6. The van der Waals surface area contributed by atoms with E-state index in [0.29, 0.717) is 11.1 Å². The van der Waals surface area contributed by atoms with E-state index in [1.807, 2.05) is 0 Å². The smallest absolute Gasteiger partial charge is 0.338 e. The molecule has 19 heavy (non-hydrogen) atoms. The number of benzene rings is 1. The lowest BCUT2D eigenvalue weighted by atomic mass is 9.79. The van der Waals surface area contributed by atoms with Gasteiger partial charge in [0.2, 0.25) is 0 Å². The zero-order valence-electron chi connectivity index (χ0n) is 11.6. The van der Waals surface area contributed by atoms with E-state index in [4.69, 9.17) is 15.2 Å². The standard InChI is InChI=1S/C14H19NO4/c1-14(2,13(17)19-4)11(15)9-7-5-6-8-10(9)12(16)18-3/h5-8,11H,15H2,1-4H3/t11-/m0/s1. The number of hydrogen-bond acceptors (Lipinski definition) is 5. The minimum Gasteiger partial charge on any atom is -0.469 e. The van der Waals surface area contributed by atoms with Gasteiger partial charge in [0.25, 0.3) is 0 Å². The molecule has 0 unspecified atom stereocenters. The summed E-state index contributed by atoms with van der Waals surface area (Å²) in [5.74, 6) is -0.911. The summed E-state index contributed by atoms with van der Waals surface area (Å²) in [6.45, 7) is 3.36. The van der Waals surface area contributed by atoms with Crippen molar-refractivity contribution in [2.75, 3.05) is 14.2 Å². The Bertz CT molecular complexity index is 482. The molecule has 0 aliphatic rings. The molecule has 5 heteroatoms. The fraction of sp³-hybridized carbons (Fsp3) is 0.429. The van der Waals surface area contributed by atoms with E-state index in [1.165, 1.54) is 14.2 Å². The molecular formula is C14H19NO4. The van der Waals surface area contributed by atoms with Crippen molar-refractivity contribution in [2.24, 2.45) is 11.1 Å². The second kappa shape index (κ2) is 5.84. The minimum absolute atomic E-state index is 0.356. The molecule has 0 heterocycles. The number of nitrogens with two attached hydrogens (primary N) is 1. The van der Waals surface area contributed by atoms with Crippen LogP contribution in [0.25, 0.3) is 0 Å². The molecule has 0 radical (unpaired) electrons. The van der Waals surface area contributed by atoms with Gasteiger partial charge in [-0.15, -0.1) is 0 Å². The SMILES string of the molecule is COC(=O)c1ccccc1[C@H](N)C(C)(C)C(=O)OC. The molecule has 0 saturated heterocycles. The number of rotatable bonds is 4. The summed E-state index contributed by atoms with van der Waals surface area (Å²) in [6, 6.07) is 6.13. The largest absolute Gasteiger partial charge is 0.469 e. The van der Waals surface area contributed by atoms with Crippen LogP contribution in [-0.4, -0.2) is 26.2 Å². The molecule has 0 aromatic heterocycles. The minimum atomic E-state index is -0.946. The van der Waals surface area contributed by atoms with Crippen molar-refractivity contribution in [3.63, 3.8) is 0 Å². The van der Waals surface area contributed by atoms with Crippen LogP contribution in [0.5, 0.6) is 0 Å². The Hall–Kier alpha value is -1.88. The first-order valence-electron chi connectivity index (χ1n) is 5.87. The number of carbonyl (C=O) groups excluding carboxylic acids is 2. The van der Waals surface area contributed by atoms with Crippen LogP contribution < -0.4 is 5.73 Å². The Morgan fingerprint density at radius 1 is 1.16 bits per heavy atom. The van der Waals surface area contributed by atoms with E-state index in [9.17, 15) is 9.59 Å². The predicted molar refractivity (Wildman–Crippen MR) is 70.5 cm³/mol. The first kappa shape index (κ1) is 15.2. The molecule has 1 aromatic rings. The van der Waals surface area contributed by atoms with Crippen LogP contribution in [0, 0.1) is 5.41 Å². The number of methoxy groups -OCH3 is 2. The summed E-state index contributed by atoms with van der Waals surface area (Å²) in [7, 11) is 2.61. The van der Waals surface area contributed by atoms with Crippen LogP contribution in [0.4, 0.5) is 0 Å². The Balaban J connectivity index is 3.23. The van der Waals surface area contributed by atoms with Crippen molar-refractivity contribution in [2.45, 2.75) is 19.9 Å². The van der Waals surface area contributed by atoms with Crippen molar-refractivity contribution in [1.29, 1.82) is 0 Å². The maximum absolute atomic E-state index is 11.8. The van der Waals surface area contributed by atoms with Crippen LogP contribution >= 0.6 is 0 Å². The van der Waals surface area contributed by atoms with Gasteiger partial charge >= 0.3 is 11.9 Å². The lowest BCUT2D eigenvalue weighted by Crippen LogP contribution is -2.38. The quantitative estimate of drug-likeness (QED) is 0.838. The highest BCUT2D eigenvalue weighted by Crippen LogP contribution is 2.34. The second-order valence-electron chi connectivity index (χ2n) is 4.77. The average Bonchev–Trinajstić information content (AvgIpc) is 2.44. The van der Waals surface area contributed by atoms with Gasteiger partial charge in [0.1, 0.15) is 0 Å². The Labute approximate surface area is 112 Å². The predicted octanol–water partition coefficient (Wildman–Crippen LogP) is 1.67. The number of carbonyl (C=O) groups is 2. The van der Waals surface area contributed by atoms with E-state index in [0.717, 1.165) is 0 Å². The van der Waals surface area contributed by atoms with Gasteiger partial charge in [-0.3, -0.25) is 4.79 Å². The summed E-state index contributed by atoms with van der Waals surface area (Å²) in [5, 5.41) is 0. The lowest BCUT2D eigenvalue weighted by Gasteiger charge is -2.29. The van der Waals surface area contributed by atoms with Gasteiger partial charge in [0, 0.05) is 6.04 Å². The number of ether oxygens (including phenoxy) is 2. The van der Waals surface area contributed by atoms with Gasteiger partial charge in [0.05, 0.1) is 25.2 Å². The van der Waals surface area contributed by atoms with Gasteiger partial charge < -0.3 is 15.2 Å². The Morgan fingerprint density at radius 2 is 1.74 bits per heavy atom. The normalized spacial score (nSPS) is 12.7. The third-order valence-corrected chi connectivity index (χ3v) is 3.19. The molecule has 0 saturated carbocycles. The second-order valence-corrected chi connectivity index (χ2v) is 4.77. The molecule has 1 rings (SSSR count). The van der Waals surface area contributed by atoms with Crippen LogP contribution in [-0.2, 0) is 14.3 Å². The fourth-order valence-electron chi connectivity index (χ4n) is 1.84. The molecule has 1 atom stereocenters. The van der Waals surface area contributed by atoms with E-state index in [1.54, 1.807) is 38.1 Å². The molecule has 104 valence electrons. The Morgan fingerprint density at radius 3 is 2.26 bits per heavy atom. The molecule has 0 bridgehead atoms. The molecular weight excluding hydrogens is 246 g/mol. The summed E-state index contributed by atoms with van der Waals surface area (Å²) in [4.78, 5) is 23.5. The van der Waals surface area contributed by atoms with Gasteiger partial charge in [-0.2, -0.15) is 0 Å². The molecule has 0 spiro atoms. The van der Waals surface area contributed by atoms with E-state index < -0.39 is 23.4 Å². The molecule has 0 amide bonds. The van der Waals surface area contributed by atoms with Crippen molar-refractivity contribution in [3.05, 3.63) is 35.4 Å². The van der Waals surface area contributed by atoms with Gasteiger partial charge in [-0.05, 0) is 25.5 Å². The topological polar surface area (TPSA) is 78.6 Å². The third-order valence-electron chi connectivity index (χ3n) is 3.19. The number of esters is 2. The Kier molecular flexibility index (Phi) is 4.67.